The summed E-state index contributed by atoms with van der Waals surface area (Å²) in [5.74, 6) is 2.38. The first-order valence-corrected chi connectivity index (χ1v) is 20.6. The lowest BCUT2D eigenvalue weighted by atomic mass is 9.66. The second-order valence-corrected chi connectivity index (χ2v) is 16.0. The Bertz CT molecular complexity index is 3350. The fourth-order valence-electron chi connectivity index (χ4n) is 10.3. The van der Waals surface area contributed by atoms with Crippen LogP contribution in [-0.4, -0.2) is 9.97 Å². The first-order chi connectivity index (χ1) is 29.7. The van der Waals surface area contributed by atoms with Crippen LogP contribution in [-0.2, 0) is 5.41 Å². The summed E-state index contributed by atoms with van der Waals surface area (Å²) in [6, 6.07) is 74.1. The molecule has 0 radical (unpaired) electrons. The van der Waals surface area contributed by atoms with Crippen LogP contribution in [0.25, 0.3) is 89.2 Å². The van der Waals surface area contributed by atoms with Gasteiger partial charge in [0.05, 0.1) is 16.8 Å². The summed E-state index contributed by atoms with van der Waals surface area (Å²) in [6.45, 7) is 0. The molecular weight excluding hydrogens is 729 g/mol. The highest BCUT2D eigenvalue weighted by Gasteiger charge is 2.50. The van der Waals surface area contributed by atoms with E-state index in [4.69, 9.17) is 14.7 Å². The molecule has 2 aliphatic carbocycles. The van der Waals surface area contributed by atoms with Crippen molar-refractivity contribution < 1.29 is 4.74 Å². The predicted octanol–water partition coefficient (Wildman–Crippen LogP) is 14.4. The molecule has 0 bridgehead atoms. The van der Waals surface area contributed by atoms with Crippen molar-refractivity contribution in [3.8, 4) is 89.9 Å². The molecule has 1 spiro atoms. The van der Waals surface area contributed by atoms with Gasteiger partial charge in [-0.25, -0.2) is 9.97 Å². The maximum absolute atomic E-state index is 6.86. The monoisotopic (exact) mass is 762 g/mol. The summed E-state index contributed by atoms with van der Waals surface area (Å²) >= 11 is 0. The number of aromatic nitrogens is 2. The minimum atomic E-state index is -0.514. The van der Waals surface area contributed by atoms with Crippen LogP contribution in [0.1, 0.15) is 22.3 Å². The van der Waals surface area contributed by atoms with E-state index in [-0.39, 0.29) is 0 Å². The van der Waals surface area contributed by atoms with E-state index in [9.17, 15) is 0 Å². The third-order valence-corrected chi connectivity index (χ3v) is 12.9. The Hall–Kier alpha value is -7.88. The Kier molecular flexibility index (Phi) is 6.93. The van der Waals surface area contributed by atoms with Gasteiger partial charge in [-0.05, 0) is 90.7 Å². The van der Waals surface area contributed by atoms with Crippen molar-refractivity contribution in [2.45, 2.75) is 5.41 Å². The fourth-order valence-corrected chi connectivity index (χ4v) is 10.3. The van der Waals surface area contributed by atoms with E-state index in [0.717, 1.165) is 50.7 Å². The Morgan fingerprint density at radius 1 is 0.317 bits per heavy atom. The molecule has 1 aromatic heterocycles. The molecule has 3 aliphatic rings. The van der Waals surface area contributed by atoms with Crippen LogP contribution in [0.15, 0.2) is 206 Å². The molecule has 60 heavy (non-hydrogen) atoms. The molecule has 0 N–H and O–H groups in total. The normalized spacial score (nSPS) is 13.3. The van der Waals surface area contributed by atoms with E-state index in [1.807, 2.05) is 18.2 Å². The molecular formula is C57H34N2O. The second-order valence-electron chi connectivity index (χ2n) is 16.0. The molecule has 3 nitrogen and oxygen atoms in total. The van der Waals surface area contributed by atoms with Crippen LogP contribution in [0.2, 0.25) is 0 Å². The molecule has 3 heteroatoms. The zero-order chi connectivity index (χ0) is 39.4. The lowest BCUT2D eigenvalue weighted by Gasteiger charge is -2.39. The number of fused-ring (bicyclic) bond motifs is 12. The van der Waals surface area contributed by atoms with E-state index >= 15 is 0 Å². The zero-order valence-corrected chi connectivity index (χ0v) is 32.4. The average molecular weight is 763 g/mol. The molecule has 9 aromatic carbocycles. The van der Waals surface area contributed by atoms with Crippen LogP contribution >= 0.6 is 0 Å². The van der Waals surface area contributed by atoms with E-state index in [1.165, 1.54) is 66.4 Å². The SMILES string of the molecule is c1ccc(-c2nc(-c3ccc(-c4ccc5c(c4)-c4cccc6cccc-5c46)cc3)cc(-c3ccc4c(c3)Oc3ccccc3C43c4ccccc4-c4ccccc43)n2)cc1. The Morgan fingerprint density at radius 2 is 0.883 bits per heavy atom. The van der Waals surface area contributed by atoms with Gasteiger partial charge in [0.1, 0.15) is 11.5 Å². The van der Waals surface area contributed by atoms with Gasteiger partial charge >= 0.3 is 0 Å². The second kappa shape index (κ2) is 12.6. The Morgan fingerprint density at radius 3 is 1.63 bits per heavy atom. The molecule has 0 unspecified atom stereocenters. The number of nitrogens with zero attached hydrogens (tertiary/aromatic N) is 2. The topological polar surface area (TPSA) is 35.0 Å². The summed E-state index contributed by atoms with van der Waals surface area (Å²) in [5.41, 5.74) is 19.1. The first-order valence-electron chi connectivity index (χ1n) is 20.6. The van der Waals surface area contributed by atoms with Crippen molar-refractivity contribution >= 4 is 10.8 Å². The van der Waals surface area contributed by atoms with Crippen molar-refractivity contribution in [2.75, 3.05) is 0 Å². The fraction of sp³-hybridized carbons (Fsp3) is 0.0175. The maximum Gasteiger partial charge on any atom is 0.160 e. The van der Waals surface area contributed by atoms with E-state index in [2.05, 4.69) is 188 Å². The standard InChI is InChI=1S/C57H34N2O/c1-2-12-38(13-3-1)56-58-51(36-26-24-35(25-27-36)39-28-30-41-44-18-10-14-37-15-11-19-45(55(37)44)46(41)32-39)34-52(59-56)40-29-31-50-54(33-40)60-53-23-9-8-22-49(53)57(50)47-20-6-4-16-42(47)43-17-5-7-21-48(43)57/h1-34H. The van der Waals surface area contributed by atoms with Gasteiger partial charge in [-0.15, -0.1) is 0 Å². The minimum absolute atomic E-state index is 0.514. The summed E-state index contributed by atoms with van der Waals surface area (Å²) in [7, 11) is 0. The van der Waals surface area contributed by atoms with Gasteiger partial charge in [0.15, 0.2) is 5.82 Å². The Labute approximate surface area is 347 Å². The third-order valence-electron chi connectivity index (χ3n) is 12.9. The summed E-state index contributed by atoms with van der Waals surface area (Å²) in [4.78, 5) is 10.4. The van der Waals surface area contributed by atoms with Gasteiger partial charge < -0.3 is 4.74 Å². The van der Waals surface area contributed by atoms with Gasteiger partial charge in [0.25, 0.3) is 0 Å². The lowest BCUT2D eigenvalue weighted by Crippen LogP contribution is -2.32. The van der Waals surface area contributed by atoms with Crippen molar-refractivity contribution in [3.05, 3.63) is 229 Å². The first kappa shape index (κ1) is 33.1. The smallest absolute Gasteiger partial charge is 0.160 e. The average Bonchev–Trinajstić information content (AvgIpc) is 3.80. The molecule has 13 rings (SSSR count). The third kappa shape index (κ3) is 4.66. The molecule has 0 atom stereocenters. The number of benzene rings is 9. The Balaban J connectivity index is 0.926. The van der Waals surface area contributed by atoms with Gasteiger partial charge in [-0.1, -0.05) is 182 Å². The molecule has 10 aromatic rings. The molecule has 0 saturated carbocycles. The summed E-state index contributed by atoms with van der Waals surface area (Å²) in [5, 5.41) is 2.63. The largest absolute Gasteiger partial charge is 0.457 e. The van der Waals surface area contributed by atoms with E-state index < -0.39 is 5.41 Å². The van der Waals surface area contributed by atoms with Crippen LogP contribution < -0.4 is 4.74 Å². The van der Waals surface area contributed by atoms with Crippen molar-refractivity contribution in [2.24, 2.45) is 0 Å². The predicted molar refractivity (Wildman–Crippen MR) is 243 cm³/mol. The number of hydrogen-bond donors (Lipinski definition) is 0. The van der Waals surface area contributed by atoms with Crippen LogP contribution in [0.4, 0.5) is 0 Å². The van der Waals surface area contributed by atoms with Crippen LogP contribution in [0, 0.1) is 0 Å². The van der Waals surface area contributed by atoms with Gasteiger partial charge in [-0.2, -0.15) is 0 Å². The molecule has 0 fully saturated rings. The highest BCUT2D eigenvalue weighted by Crippen LogP contribution is 2.62. The van der Waals surface area contributed by atoms with Crippen LogP contribution in [0.5, 0.6) is 11.5 Å². The number of hydrogen-bond acceptors (Lipinski definition) is 3. The van der Waals surface area contributed by atoms with Crippen LogP contribution in [0.3, 0.4) is 0 Å². The highest BCUT2D eigenvalue weighted by molar-refractivity contribution is 6.15. The van der Waals surface area contributed by atoms with Crippen molar-refractivity contribution in [1.29, 1.82) is 0 Å². The molecule has 0 amide bonds. The van der Waals surface area contributed by atoms with Gasteiger partial charge in [0.2, 0.25) is 0 Å². The quantitative estimate of drug-likeness (QED) is 0.179. The maximum atomic E-state index is 6.86. The van der Waals surface area contributed by atoms with Crippen molar-refractivity contribution in [1.82, 2.24) is 9.97 Å². The van der Waals surface area contributed by atoms with E-state index in [1.54, 1.807) is 0 Å². The highest BCUT2D eigenvalue weighted by atomic mass is 16.5. The van der Waals surface area contributed by atoms with Gasteiger partial charge in [0, 0.05) is 27.8 Å². The molecule has 0 saturated heterocycles. The minimum Gasteiger partial charge on any atom is -0.457 e. The molecule has 278 valence electrons. The van der Waals surface area contributed by atoms with E-state index in [0.29, 0.717) is 5.82 Å². The molecule has 1 aliphatic heterocycles. The summed E-state index contributed by atoms with van der Waals surface area (Å²) < 4.78 is 6.86. The van der Waals surface area contributed by atoms with Crippen molar-refractivity contribution in [3.63, 3.8) is 0 Å². The number of rotatable bonds is 4. The zero-order valence-electron chi connectivity index (χ0n) is 32.4. The number of para-hydroxylation sites is 1. The number of ether oxygens (including phenoxy) is 1. The van der Waals surface area contributed by atoms with Gasteiger partial charge in [-0.3, -0.25) is 0 Å². The lowest BCUT2D eigenvalue weighted by molar-refractivity contribution is 0.436. The molecule has 2 heterocycles. The summed E-state index contributed by atoms with van der Waals surface area (Å²) in [6.07, 6.45) is 0.